The number of aliphatic carboxylic acids is 1. The van der Waals surface area contributed by atoms with Crippen molar-refractivity contribution in [2.45, 2.75) is 19.4 Å². The molecule has 0 aliphatic heterocycles. The molecule has 4 nitrogen and oxygen atoms in total. The molecule has 0 aliphatic carbocycles. The van der Waals surface area contributed by atoms with Crippen LogP contribution in [0.3, 0.4) is 0 Å². The number of pyridine rings is 1. The number of rotatable bonds is 4. The number of nitrogens with zero attached hydrogens (tertiary/aromatic N) is 2. The molecule has 1 aromatic heterocycles. The van der Waals surface area contributed by atoms with Crippen molar-refractivity contribution in [2.24, 2.45) is 0 Å². The van der Waals surface area contributed by atoms with Crippen LogP contribution >= 0.6 is 0 Å². The van der Waals surface area contributed by atoms with Crippen molar-refractivity contribution in [3.63, 3.8) is 0 Å². The molecule has 1 atom stereocenters. The van der Waals surface area contributed by atoms with E-state index in [4.69, 9.17) is 5.11 Å². The Balaban J connectivity index is 2.83. The highest BCUT2D eigenvalue weighted by molar-refractivity contribution is 5.77. The van der Waals surface area contributed by atoms with Crippen LogP contribution < -0.4 is 4.90 Å². The van der Waals surface area contributed by atoms with E-state index in [1.165, 1.54) is 0 Å². The fourth-order valence-corrected chi connectivity index (χ4v) is 1.34. The molecule has 0 bridgehead atoms. The van der Waals surface area contributed by atoms with Crippen molar-refractivity contribution >= 4 is 11.8 Å². The predicted molar refractivity (Wildman–Crippen MR) is 54.4 cm³/mol. The topological polar surface area (TPSA) is 53.4 Å². The molecule has 1 aromatic rings. The van der Waals surface area contributed by atoms with Gasteiger partial charge in [0.15, 0.2) is 0 Å². The Morgan fingerprint density at radius 3 is 2.79 bits per heavy atom. The molecule has 1 heterocycles. The van der Waals surface area contributed by atoms with Crippen molar-refractivity contribution in [2.75, 3.05) is 11.9 Å². The smallest absolute Gasteiger partial charge is 0.326 e. The van der Waals surface area contributed by atoms with Gasteiger partial charge in [-0.1, -0.05) is 13.0 Å². The molecule has 76 valence electrons. The maximum Gasteiger partial charge on any atom is 0.326 e. The second kappa shape index (κ2) is 4.60. The van der Waals surface area contributed by atoms with E-state index in [9.17, 15) is 4.79 Å². The van der Waals surface area contributed by atoms with Crippen molar-refractivity contribution in [3.8, 4) is 0 Å². The van der Waals surface area contributed by atoms with Crippen molar-refractivity contribution < 1.29 is 9.90 Å². The highest BCUT2D eigenvalue weighted by Crippen LogP contribution is 2.12. The molecule has 0 aliphatic rings. The summed E-state index contributed by atoms with van der Waals surface area (Å²) in [5, 5.41) is 8.94. The van der Waals surface area contributed by atoms with E-state index >= 15 is 0 Å². The molecule has 4 heteroatoms. The summed E-state index contributed by atoms with van der Waals surface area (Å²) >= 11 is 0. The minimum absolute atomic E-state index is 0.509. The average Bonchev–Trinajstić information content (AvgIpc) is 2.19. The third-order valence-corrected chi connectivity index (χ3v) is 2.15. The van der Waals surface area contributed by atoms with Crippen molar-refractivity contribution in [3.05, 3.63) is 24.4 Å². The molecule has 0 radical (unpaired) electrons. The van der Waals surface area contributed by atoms with Crippen LogP contribution in [0.4, 0.5) is 5.82 Å². The Morgan fingerprint density at radius 2 is 2.36 bits per heavy atom. The summed E-state index contributed by atoms with van der Waals surface area (Å²) < 4.78 is 0. The van der Waals surface area contributed by atoms with Crippen LogP contribution in [-0.4, -0.2) is 29.1 Å². The number of aromatic nitrogens is 1. The third kappa shape index (κ3) is 2.22. The van der Waals surface area contributed by atoms with E-state index in [0.717, 1.165) is 0 Å². The van der Waals surface area contributed by atoms with Gasteiger partial charge in [0.2, 0.25) is 0 Å². The highest BCUT2D eigenvalue weighted by Gasteiger charge is 2.20. The quantitative estimate of drug-likeness (QED) is 0.786. The first-order valence-corrected chi connectivity index (χ1v) is 4.53. The summed E-state index contributed by atoms with van der Waals surface area (Å²) in [6, 6.07) is 4.93. The van der Waals surface area contributed by atoms with Crippen molar-refractivity contribution in [1.29, 1.82) is 0 Å². The van der Waals surface area contributed by atoms with E-state index < -0.39 is 12.0 Å². The van der Waals surface area contributed by atoms with Gasteiger partial charge in [-0.25, -0.2) is 9.78 Å². The summed E-state index contributed by atoms with van der Waals surface area (Å²) in [7, 11) is 1.74. The molecule has 1 N–H and O–H groups in total. The fourth-order valence-electron chi connectivity index (χ4n) is 1.34. The Bertz CT molecular complexity index is 300. The van der Waals surface area contributed by atoms with Gasteiger partial charge in [-0.15, -0.1) is 0 Å². The number of anilines is 1. The molecule has 1 unspecified atom stereocenters. The van der Waals surface area contributed by atoms with Crippen LogP contribution in [0.25, 0.3) is 0 Å². The van der Waals surface area contributed by atoms with Gasteiger partial charge in [0.25, 0.3) is 0 Å². The average molecular weight is 194 g/mol. The van der Waals surface area contributed by atoms with Gasteiger partial charge in [0.05, 0.1) is 0 Å². The third-order valence-electron chi connectivity index (χ3n) is 2.15. The van der Waals surface area contributed by atoms with Crippen LogP contribution in [0.15, 0.2) is 24.4 Å². The lowest BCUT2D eigenvalue weighted by Crippen LogP contribution is -2.38. The van der Waals surface area contributed by atoms with Gasteiger partial charge < -0.3 is 10.0 Å². The fraction of sp³-hybridized carbons (Fsp3) is 0.400. The van der Waals surface area contributed by atoms with Gasteiger partial charge in [0.1, 0.15) is 11.9 Å². The Hall–Kier alpha value is -1.58. The number of hydrogen-bond acceptors (Lipinski definition) is 3. The SMILES string of the molecule is CCC(C(=O)O)N(C)c1ccccn1. The van der Waals surface area contributed by atoms with Crippen molar-refractivity contribution in [1.82, 2.24) is 4.98 Å². The van der Waals surface area contributed by atoms with Gasteiger partial charge in [-0.3, -0.25) is 0 Å². The Labute approximate surface area is 83.2 Å². The molecule has 0 saturated heterocycles. The second-order valence-electron chi connectivity index (χ2n) is 3.06. The lowest BCUT2D eigenvalue weighted by Gasteiger charge is -2.24. The van der Waals surface area contributed by atoms with E-state index in [1.54, 1.807) is 30.3 Å². The number of carbonyl (C=O) groups is 1. The molecule has 0 saturated carbocycles. The van der Waals surface area contributed by atoms with E-state index in [1.807, 2.05) is 13.0 Å². The van der Waals surface area contributed by atoms with E-state index in [0.29, 0.717) is 12.2 Å². The molecule has 0 aromatic carbocycles. The van der Waals surface area contributed by atoms with E-state index in [-0.39, 0.29) is 0 Å². The van der Waals surface area contributed by atoms with Gasteiger partial charge in [-0.05, 0) is 18.6 Å². The predicted octanol–water partition coefficient (Wildman–Crippen LogP) is 1.38. The number of hydrogen-bond donors (Lipinski definition) is 1. The maximum atomic E-state index is 10.9. The van der Waals surface area contributed by atoms with Gasteiger partial charge in [0, 0.05) is 13.2 Å². The zero-order valence-electron chi connectivity index (χ0n) is 8.34. The number of carboxylic acid groups (broad SMARTS) is 1. The molecular weight excluding hydrogens is 180 g/mol. The highest BCUT2D eigenvalue weighted by atomic mass is 16.4. The number of carboxylic acids is 1. The summed E-state index contributed by atoms with van der Waals surface area (Å²) in [6.45, 7) is 1.85. The summed E-state index contributed by atoms with van der Waals surface area (Å²) in [5.74, 6) is -0.137. The lowest BCUT2D eigenvalue weighted by atomic mass is 10.2. The first-order valence-electron chi connectivity index (χ1n) is 4.53. The molecular formula is C10H14N2O2. The first kappa shape index (κ1) is 10.5. The van der Waals surface area contributed by atoms with Crippen LogP contribution in [0.2, 0.25) is 0 Å². The first-order chi connectivity index (χ1) is 6.66. The van der Waals surface area contributed by atoms with E-state index in [2.05, 4.69) is 4.98 Å². The van der Waals surface area contributed by atoms with Crippen LogP contribution in [0, 0.1) is 0 Å². The monoisotopic (exact) mass is 194 g/mol. The van der Waals surface area contributed by atoms with Gasteiger partial charge in [-0.2, -0.15) is 0 Å². The normalized spacial score (nSPS) is 12.1. The molecule has 0 spiro atoms. The molecule has 0 amide bonds. The minimum Gasteiger partial charge on any atom is -0.480 e. The summed E-state index contributed by atoms with van der Waals surface area (Å²) in [6.07, 6.45) is 2.21. The number of likely N-dealkylation sites (N-methyl/N-ethyl adjacent to an activating group) is 1. The molecule has 0 fully saturated rings. The summed E-state index contributed by atoms with van der Waals surface area (Å²) in [4.78, 5) is 16.6. The zero-order chi connectivity index (χ0) is 10.6. The second-order valence-corrected chi connectivity index (χ2v) is 3.06. The van der Waals surface area contributed by atoms with Gasteiger partial charge >= 0.3 is 5.97 Å². The largest absolute Gasteiger partial charge is 0.480 e. The maximum absolute atomic E-state index is 10.9. The lowest BCUT2D eigenvalue weighted by molar-refractivity contribution is -0.138. The Kier molecular flexibility index (Phi) is 3.45. The van der Waals surface area contributed by atoms with Crippen LogP contribution in [0.1, 0.15) is 13.3 Å². The van der Waals surface area contributed by atoms with Crippen LogP contribution in [-0.2, 0) is 4.79 Å². The zero-order valence-corrected chi connectivity index (χ0v) is 8.34. The Morgan fingerprint density at radius 1 is 1.64 bits per heavy atom. The standard InChI is InChI=1S/C10H14N2O2/c1-3-8(10(13)14)12(2)9-6-4-5-7-11-9/h4-8H,3H2,1-2H3,(H,13,14). The van der Waals surface area contributed by atoms with Crippen LogP contribution in [0.5, 0.6) is 0 Å². The molecule has 14 heavy (non-hydrogen) atoms. The molecule has 1 rings (SSSR count). The summed E-state index contributed by atoms with van der Waals surface area (Å²) in [5.41, 5.74) is 0. The minimum atomic E-state index is -0.819.